The van der Waals surface area contributed by atoms with E-state index in [-0.39, 0.29) is 5.91 Å². The average Bonchev–Trinajstić information content (AvgIpc) is 2.33. The third kappa shape index (κ3) is 5.01. The fourth-order valence-corrected chi connectivity index (χ4v) is 1.45. The van der Waals surface area contributed by atoms with Crippen molar-refractivity contribution in [3.8, 4) is 0 Å². The summed E-state index contributed by atoms with van der Waals surface area (Å²) in [7, 11) is 1.72. The molecular weight excluding hydrogens is 228 g/mol. The molecule has 1 unspecified atom stereocenters. The van der Waals surface area contributed by atoms with Gasteiger partial charge in [-0.05, 0) is 37.1 Å². The lowest BCUT2D eigenvalue weighted by atomic mass is 10.2. The van der Waals surface area contributed by atoms with Gasteiger partial charge in [0.05, 0.1) is 6.10 Å². The van der Waals surface area contributed by atoms with Gasteiger partial charge in [0.2, 0.25) is 5.91 Å². The number of amides is 1. The first-order chi connectivity index (χ1) is 8.49. The van der Waals surface area contributed by atoms with Crippen molar-refractivity contribution in [3.05, 3.63) is 35.9 Å². The second kappa shape index (κ2) is 6.81. The number of aliphatic hydroxyl groups excluding tert-OH is 1. The number of hydrogen-bond donors (Lipinski definition) is 2. The fourth-order valence-electron chi connectivity index (χ4n) is 1.45. The van der Waals surface area contributed by atoms with Crippen LogP contribution in [0.15, 0.2) is 30.3 Å². The first-order valence-electron chi connectivity index (χ1n) is 5.96. The van der Waals surface area contributed by atoms with Crippen molar-refractivity contribution in [2.45, 2.75) is 19.4 Å². The maximum atomic E-state index is 11.7. The van der Waals surface area contributed by atoms with Gasteiger partial charge in [-0.25, -0.2) is 0 Å². The molecule has 1 rings (SSSR count). The van der Waals surface area contributed by atoms with Crippen molar-refractivity contribution in [2.24, 2.45) is 0 Å². The van der Waals surface area contributed by atoms with Crippen LogP contribution in [0.25, 0.3) is 6.08 Å². The molecule has 0 saturated heterocycles. The van der Waals surface area contributed by atoms with E-state index in [1.807, 2.05) is 12.1 Å². The molecule has 1 amide bonds. The summed E-state index contributed by atoms with van der Waals surface area (Å²) in [5.41, 5.74) is 7.22. The Morgan fingerprint density at radius 3 is 2.89 bits per heavy atom. The normalized spacial score (nSPS) is 12.6. The summed E-state index contributed by atoms with van der Waals surface area (Å²) < 4.78 is 0. The van der Waals surface area contributed by atoms with Crippen molar-refractivity contribution in [2.75, 3.05) is 19.3 Å². The van der Waals surface area contributed by atoms with Crippen LogP contribution in [-0.2, 0) is 4.79 Å². The number of hydrogen-bond acceptors (Lipinski definition) is 3. The van der Waals surface area contributed by atoms with Crippen LogP contribution in [0.5, 0.6) is 0 Å². The van der Waals surface area contributed by atoms with Gasteiger partial charge in [0, 0.05) is 25.4 Å². The van der Waals surface area contributed by atoms with Crippen molar-refractivity contribution in [3.63, 3.8) is 0 Å². The van der Waals surface area contributed by atoms with Crippen molar-refractivity contribution >= 4 is 17.7 Å². The smallest absolute Gasteiger partial charge is 0.246 e. The van der Waals surface area contributed by atoms with Gasteiger partial charge in [-0.15, -0.1) is 0 Å². The lowest BCUT2D eigenvalue weighted by Gasteiger charge is -2.15. The number of likely N-dealkylation sites (N-methyl/N-ethyl adjacent to an activating group) is 1. The molecule has 0 heterocycles. The Hall–Kier alpha value is -1.81. The average molecular weight is 248 g/mol. The van der Waals surface area contributed by atoms with Gasteiger partial charge >= 0.3 is 0 Å². The summed E-state index contributed by atoms with van der Waals surface area (Å²) in [6.07, 6.45) is 3.43. The molecule has 0 aliphatic rings. The minimum absolute atomic E-state index is 0.0851. The van der Waals surface area contributed by atoms with E-state index < -0.39 is 6.10 Å². The first kappa shape index (κ1) is 14.3. The van der Waals surface area contributed by atoms with Crippen LogP contribution in [0.1, 0.15) is 18.9 Å². The maximum absolute atomic E-state index is 11.7. The van der Waals surface area contributed by atoms with Gasteiger partial charge in [0.25, 0.3) is 0 Å². The van der Waals surface area contributed by atoms with Gasteiger partial charge in [-0.1, -0.05) is 12.1 Å². The lowest BCUT2D eigenvalue weighted by molar-refractivity contribution is -0.124. The van der Waals surface area contributed by atoms with Crippen LogP contribution < -0.4 is 5.73 Å². The van der Waals surface area contributed by atoms with Gasteiger partial charge in [0.1, 0.15) is 0 Å². The molecule has 4 nitrogen and oxygen atoms in total. The number of aliphatic hydroxyl groups is 1. The minimum Gasteiger partial charge on any atom is -0.399 e. The van der Waals surface area contributed by atoms with E-state index in [4.69, 9.17) is 10.8 Å². The maximum Gasteiger partial charge on any atom is 0.246 e. The Balaban J connectivity index is 2.53. The van der Waals surface area contributed by atoms with E-state index >= 15 is 0 Å². The quantitative estimate of drug-likeness (QED) is 0.613. The van der Waals surface area contributed by atoms with E-state index in [2.05, 4.69) is 0 Å². The Kier molecular flexibility index (Phi) is 5.39. The number of nitrogens with two attached hydrogens (primary N) is 1. The predicted octanol–water partition coefficient (Wildman–Crippen LogP) is 1.51. The summed E-state index contributed by atoms with van der Waals surface area (Å²) in [4.78, 5) is 13.3. The Bertz CT molecular complexity index is 428. The van der Waals surface area contributed by atoms with Crippen LogP contribution in [0.4, 0.5) is 5.69 Å². The minimum atomic E-state index is -0.391. The molecule has 0 spiro atoms. The van der Waals surface area contributed by atoms with Crippen molar-refractivity contribution < 1.29 is 9.90 Å². The molecule has 0 saturated carbocycles. The van der Waals surface area contributed by atoms with E-state index in [0.29, 0.717) is 18.7 Å². The predicted molar refractivity (Wildman–Crippen MR) is 73.8 cm³/mol. The molecule has 4 heteroatoms. The SMILES string of the molecule is CC(O)CCN(C)C(=O)/C=C/c1cccc(N)c1. The zero-order chi connectivity index (χ0) is 13.5. The topological polar surface area (TPSA) is 66.6 Å². The highest BCUT2D eigenvalue weighted by atomic mass is 16.3. The third-order valence-electron chi connectivity index (χ3n) is 2.59. The molecule has 98 valence electrons. The Labute approximate surface area is 108 Å². The number of rotatable bonds is 5. The summed E-state index contributed by atoms with van der Waals surface area (Å²) in [5, 5.41) is 9.15. The number of nitrogen functional groups attached to an aromatic ring is 1. The molecule has 0 aromatic heterocycles. The van der Waals surface area contributed by atoms with Gasteiger partial charge < -0.3 is 15.7 Å². The van der Waals surface area contributed by atoms with Crippen LogP contribution in [0, 0.1) is 0 Å². The highest BCUT2D eigenvalue weighted by molar-refractivity contribution is 5.91. The Morgan fingerprint density at radius 1 is 1.56 bits per heavy atom. The standard InChI is InChI=1S/C14H20N2O2/c1-11(17)8-9-16(2)14(18)7-6-12-4-3-5-13(15)10-12/h3-7,10-11,17H,8-9,15H2,1-2H3/b7-6+. The third-order valence-corrected chi connectivity index (χ3v) is 2.59. The summed E-state index contributed by atoms with van der Waals surface area (Å²) >= 11 is 0. The zero-order valence-electron chi connectivity index (χ0n) is 10.8. The highest BCUT2D eigenvalue weighted by Gasteiger charge is 2.05. The van der Waals surface area contributed by atoms with Crippen molar-refractivity contribution in [1.29, 1.82) is 0 Å². The molecular formula is C14H20N2O2. The highest BCUT2D eigenvalue weighted by Crippen LogP contribution is 2.08. The molecule has 3 N–H and O–H groups in total. The van der Waals surface area contributed by atoms with Crippen LogP contribution in [0.3, 0.4) is 0 Å². The number of carbonyl (C=O) groups excluding carboxylic acids is 1. The number of benzene rings is 1. The first-order valence-corrected chi connectivity index (χ1v) is 5.96. The van der Waals surface area contributed by atoms with Gasteiger partial charge in [0.15, 0.2) is 0 Å². The van der Waals surface area contributed by atoms with E-state index in [1.165, 1.54) is 6.08 Å². The molecule has 0 aliphatic carbocycles. The molecule has 1 aromatic carbocycles. The number of anilines is 1. The van der Waals surface area contributed by atoms with Crippen molar-refractivity contribution in [1.82, 2.24) is 4.90 Å². The molecule has 0 fully saturated rings. The van der Waals surface area contributed by atoms with Crippen LogP contribution >= 0.6 is 0 Å². The zero-order valence-corrected chi connectivity index (χ0v) is 10.8. The van der Waals surface area contributed by atoms with Gasteiger partial charge in [-0.2, -0.15) is 0 Å². The molecule has 18 heavy (non-hydrogen) atoms. The summed E-state index contributed by atoms with van der Waals surface area (Å²) in [6, 6.07) is 7.33. The molecule has 0 bridgehead atoms. The largest absolute Gasteiger partial charge is 0.399 e. The second-order valence-corrected chi connectivity index (χ2v) is 4.40. The number of nitrogens with zero attached hydrogens (tertiary/aromatic N) is 1. The molecule has 1 atom stereocenters. The summed E-state index contributed by atoms with van der Waals surface area (Å²) in [5.74, 6) is -0.0851. The van der Waals surface area contributed by atoms with E-state index in [1.54, 1.807) is 37.1 Å². The van der Waals surface area contributed by atoms with Crippen LogP contribution in [0.2, 0.25) is 0 Å². The van der Waals surface area contributed by atoms with E-state index in [0.717, 1.165) is 5.56 Å². The molecule has 0 radical (unpaired) electrons. The summed E-state index contributed by atoms with van der Waals surface area (Å²) in [6.45, 7) is 2.25. The van der Waals surface area contributed by atoms with Gasteiger partial charge in [-0.3, -0.25) is 4.79 Å². The number of carbonyl (C=O) groups is 1. The monoisotopic (exact) mass is 248 g/mol. The lowest BCUT2D eigenvalue weighted by Crippen LogP contribution is -2.27. The Morgan fingerprint density at radius 2 is 2.28 bits per heavy atom. The molecule has 1 aromatic rings. The van der Waals surface area contributed by atoms with E-state index in [9.17, 15) is 4.79 Å². The second-order valence-electron chi connectivity index (χ2n) is 4.40. The molecule has 0 aliphatic heterocycles. The van der Waals surface area contributed by atoms with Crippen LogP contribution in [-0.4, -0.2) is 35.6 Å². The fraction of sp³-hybridized carbons (Fsp3) is 0.357.